The Kier molecular flexibility index (Phi) is 6.03. The fraction of sp³-hybridized carbons (Fsp3) is 0.261. The zero-order chi connectivity index (χ0) is 24.4. The zero-order valence-electron chi connectivity index (χ0n) is 18.4. The number of nitrogens with zero attached hydrogens (tertiary/aromatic N) is 7. The van der Waals surface area contributed by atoms with E-state index in [9.17, 15) is 18.0 Å². The lowest BCUT2D eigenvalue weighted by Crippen LogP contribution is -2.48. The van der Waals surface area contributed by atoms with E-state index in [4.69, 9.17) is 4.52 Å². The van der Waals surface area contributed by atoms with Crippen LogP contribution >= 0.6 is 0 Å². The molecule has 2 aromatic heterocycles. The van der Waals surface area contributed by atoms with Crippen LogP contribution in [0.4, 0.5) is 13.2 Å². The molecule has 1 aliphatic rings. The molecule has 0 aliphatic carbocycles. The molecule has 1 aliphatic heterocycles. The standard InChI is InChI=1S/C23H20F3N7O2/c24-23(25,26)18-3-1-2-17(12-18)21-29-20(35-30-21)13-31-8-10-32(11-9-31)22(34)16-4-6-19(7-5-16)33-14-27-28-15-33/h1-7,12,14-15H,8-11,13H2. The van der Waals surface area contributed by atoms with Crippen molar-refractivity contribution < 1.29 is 22.5 Å². The smallest absolute Gasteiger partial charge is 0.338 e. The average molecular weight is 483 g/mol. The number of halogens is 3. The first-order chi connectivity index (χ1) is 16.9. The van der Waals surface area contributed by atoms with E-state index in [-0.39, 0.29) is 17.3 Å². The summed E-state index contributed by atoms with van der Waals surface area (Å²) in [6, 6.07) is 12.0. The monoisotopic (exact) mass is 483 g/mol. The molecule has 0 N–H and O–H groups in total. The van der Waals surface area contributed by atoms with Crippen LogP contribution in [0.15, 0.2) is 65.7 Å². The fourth-order valence-electron chi connectivity index (χ4n) is 3.86. The third-order valence-corrected chi connectivity index (χ3v) is 5.77. The minimum absolute atomic E-state index is 0.0513. The SMILES string of the molecule is O=C(c1ccc(-n2cnnc2)cc1)N1CCN(Cc2nc(-c3cccc(C(F)(F)F)c3)no2)CC1. The van der Waals surface area contributed by atoms with Gasteiger partial charge in [0.25, 0.3) is 5.91 Å². The van der Waals surface area contributed by atoms with E-state index in [0.29, 0.717) is 44.2 Å². The van der Waals surface area contributed by atoms with Crippen molar-refractivity contribution in [3.8, 4) is 17.1 Å². The number of benzene rings is 2. The van der Waals surface area contributed by atoms with Crippen molar-refractivity contribution in [1.29, 1.82) is 0 Å². The van der Waals surface area contributed by atoms with E-state index >= 15 is 0 Å². The summed E-state index contributed by atoms with van der Waals surface area (Å²) in [5, 5.41) is 11.4. The van der Waals surface area contributed by atoms with Crippen LogP contribution in [0.3, 0.4) is 0 Å². The Bertz CT molecular complexity index is 1300. The van der Waals surface area contributed by atoms with Gasteiger partial charge in [0.15, 0.2) is 0 Å². The molecule has 5 rings (SSSR count). The van der Waals surface area contributed by atoms with Gasteiger partial charge in [-0.15, -0.1) is 10.2 Å². The number of hydrogen-bond acceptors (Lipinski definition) is 7. The minimum atomic E-state index is -4.45. The Morgan fingerprint density at radius 2 is 1.69 bits per heavy atom. The molecule has 0 bridgehead atoms. The highest BCUT2D eigenvalue weighted by Crippen LogP contribution is 2.31. The van der Waals surface area contributed by atoms with E-state index in [2.05, 4.69) is 25.2 Å². The predicted molar refractivity (Wildman–Crippen MR) is 117 cm³/mol. The topological polar surface area (TPSA) is 93.2 Å². The predicted octanol–water partition coefficient (Wildman–Crippen LogP) is 3.29. The van der Waals surface area contributed by atoms with Crippen LogP contribution in [0.2, 0.25) is 0 Å². The molecule has 1 saturated heterocycles. The number of rotatable bonds is 5. The highest BCUT2D eigenvalue weighted by Gasteiger charge is 2.31. The van der Waals surface area contributed by atoms with Crippen molar-refractivity contribution in [3.63, 3.8) is 0 Å². The Morgan fingerprint density at radius 1 is 0.971 bits per heavy atom. The van der Waals surface area contributed by atoms with Crippen molar-refractivity contribution in [2.45, 2.75) is 12.7 Å². The van der Waals surface area contributed by atoms with Gasteiger partial charge in [0.2, 0.25) is 11.7 Å². The summed E-state index contributed by atoms with van der Waals surface area (Å²) in [6.07, 6.45) is -1.27. The van der Waals surface area contributed by atoms with Crippen molar-refractivity contribution in [1.82, 2.24) is 34.7 Å². The lowest BCUT2D eigenvalue weighted by molar-refractivity contribution is -0.137. The molecule has 180 valence electrons. The van der Waals surface area contributed by atoms with Gasteiger partial charge in [-0.05, 0) is 36.4 Å². The first-order valence-corrected chi connectivity index (χ1v) is 10.8. The summed E-state index contributed by atoms with van der Waals surface area (Å²) in [5.74, 6) is 0.362. The molecule has 2 aromatic carbocycles. The molecule has 4 aromatic rings. The average Bonchev–Trinajstić information content (AvgIpc) is 3.57. The molecule has 0 atom stereocenters. The maximum absolute atomic E-state index is 13.0. The minimum Gasteiger partial charge on any atom is -0.338 e. The highest BCUT2D eigenvalue weighted by atomic mass is 19.4. The van der Waals surface area contributed by atoms with E-state index in [0.717, 1.165) is 17.8 Å². The van der Waals surface area contributed by atoms with Gasteiger partial charge in [0.05, 0.1) is 12.1 Å². The van der Waals surface area contributed by atoms with Gasteiger partial charge in [0, 0.05) is 43.0 Å². The van der Waals surface area contributed by atoms with Crippen LogP contribution in [0.25, 0.3) is 17.1 Å². The summed E-state index contributed by atoms with van der Waals surface area (Å²) in [4.78, 5) is 21.0. The number of alkyl halides is 3. The largest absolute Gasteiger partial charge is 0.416 e. The Balaban J connectivity index is 1.17. The van der Waals surface area contributed by atoms with Crippen LogP contribution < -0.4 is 0 Å². The van der Waals surface area contributed by atoms with Gasteiger partial charge in [-0.3, -0.25) is 14.3 Å². The summed E-state index contributed by atoms with van der Waals surface area (Å²) in [7, 11) is 0. The maximum atomic E-state index is 13.0. The van der Waals surface area contributed by atoms with Crippen molar-refractivity contribution in [3.05, 3.63) is 78.2 Å². The maximum Gasteiger partial charge on any atom is 0.416 e. The number of carbonyl (C=O) groups is 1. The molecule has 12 heteroatoms. The number of amides is 1. The molecule has 1 amide bonds. The van der Waals surface area contributed by atoms with Crippen molar-refractivity contribution in [2.75, 3.05) is 26.2 Å². The van der Waals surface area contributed by atoms with E-state index < -0.39 is 11.7 Å². The second kappa shape index (κ2) is 9.29. The summed E-state index contributed by atoms with van der Waals surface area (Å²) in [6.45, 7) is 2.61. The van der Waals surface area contributed by atoms with Gasteiger partial charge in [-0.1, -0.05) is 17.3 Å². The number of piperazine rings is 1. The first kappa shape index (κ1) is 22.7. The van der Waals surface area contributed by atoms with Crippen LogP contribution in [0.5, 0.6) is 0 Å². The van der Waals surface area contributed by atoms with Crippen LogP contribution in [-0.2, 0) is 12.7 Å². The van der Waals surface area contributed by atoms with Gasteiger partial charge >= 0.3 is 6.18 Å². The fourth-order valence-corrected chi connectivity index (χ4v) is 3.86. The molecule has 0 saturated carbocycles. The Labute approximate surface area is 197 Å². The summed E-state index contributed by atoms with van der Waals surface area (Å²) in [5.41, 5.74) is 0.925. The second-order valence-corrected chi connectivity index (χ2v) is 8.07. The van der Waals surface area contributed by atoms with Crippen LogP contribution in [0.1, 0.15) is 21.8 Å². The van der Waals surface area contributed by atoms with Crippen LogP contribution in [0, 0.1) is 0 Å². The Hall–Kier alpha value is -4.06. The molecule has 0 radical (unpaired) electrons. The van der Waals surface area contributed by atoms with E-state index in [1.54, 1.807) is 34.3 Å². The molecule has 1 fully saturated rings. The third-order valence-electron chi connectivity index (χ3n) is 5.77. The number of hydrogen-bond donors (Lipinski definition) is 0. The lowest BCUT2D eigenvalue weighted by Gasteiger charge is -2.34. The first-order valence-electron chi connectivity index (χ1n) is 10.8. The van der Waals surface area contributed by atoms with Crippen molar-refractivity contribution in [2.24, 2.45) is 0 Å². The van der Waals surface area contributed by atoms with Crippen LogP contribution in [-0.4, -0.2) is 66.8 Å². The molecule has 0 unspecified atom stereocenters. The summed E-state index contributed by atoms with van der Waals surface area (Å²) >= 11 is 0. The summed E-state index contributed by atoms with van der Waals surface area (Å²) < 4.78 is 45.9. The third kappa shape index (κ3) is 5.06. The normalized spacial score (nSPS) is 14.9. The van der Waals surface area contributed by atoms with Crippen molar-refractivity contribution >= 4 is 5.91 Å². The molecule has 35 heavy (non-hydrogen) atoms. The molecule has 9 nitrogen and oxygen atoms in total. The van der Waals surface area contributed by atoms with Gasteiger partial charge in [-0.25, -0.2) is 0 Å². The van der Waals surface area contributed by atoms with Gasteiger partial charge in [-0.2, -0.15) is 18.2 Å². The van der Waals surface area contributed by atoms with Gasteiger partial charge in [0.1, 0.15) is 12.7 Å². The molecular weight excluding hydrogens is 463 g/mol. The molecule has 0 spiro atoms. The second-order valence-electron chi connectivity index (χ2n) is 8.07. The van der Waals surface area contributed by atoms with E-state index in [1.807, 2.05) is 12.1 Å². The number of aromatic nitrogens is 5. The Morgan fingerprint density at radius 3 is 2.37 bits per heavy atom. The number of carbonyl (C=O) groups excluding carboxylic acids is 1. The highest BCUT2D eigenvalue weighted by molar-refractivity contribution is 5.94. The zero-order valence-corrected chi connectivity index (χ0v) is 18.4. The van der Waals surface area contributed by atoms with E-state index in [1.165, 1.54) is 12.1 Å². The molecule has 3 heterocycles. The molecular formula is C23H20F3N7O2. The lowest BCUT2D eigenvalue weighted by atomic mass is 10.1. The quantitative estimate of drug-likeness (QED) is 0.430. The van der Waals surface area contributed by atoms with Gasteiger partial charge < -0.3 is 9.42 Å².